The quantitative estimate of drug-likeness (QED) is 0.739. The van der Waals surface area contributed by atoms with Gasteiger partial charge in [-0.15, -0.1) is 6.58 Å². The van der Waals surface area contributed by atoms with Gasteiger partial charge >= 0.3 is 0 Å². The summed E-state index contributed by atoms with van der Waals surface area (Å²) in [5.74, 6) is 3.63. The Balaban J connectivity index is 2.33. The fourth-order valence-corrected chi connectivity index (χ4v) is 4.24. The first-order valence-electron chi connectivity index (χ1n) is 6.96. The van der Waals surface area contributed by atoms with Gasteiger partial charge < -0.3 is 5.11 Å². The van der Waals surface area contributed by atoms with Crippen molar-refractivity contribution >= 4 is 0 Å². The molecule has 1 N–H and O–H groups in total. The Kier molecular flexibility index (Phi) is 3.49. The van der Waals surface area contributed by atoms with E-state index < -0.39 is 0 Å². The molecule has 0 aromatic heterocycles. The van der Waals surface area contributed by atoms with Gasteiger partial charge in [-0.25, -0.2) is 0 Å². The normalized spacial score (nSPS) is 42.5. The average Bonchev–Trinajstić information content (AvgIpc) is 2.27. The second kappa shape index (κ2) is 4.61. The molecule has 1 heteroatoms. The van der Waals surface area contributed by atoms with Gasteiger partial charge in [0, 0.05) is 0 Å². The Morgan fingerprint density at radius 3 is 2.65 bits per heavy atom. The summed E-state index contributed by atoms with van der Waals surface area (Å²) >= 11 is 0. The van der Waals surface area contributed by atoms with Crippen molar-refractivity contribution in [3.63, 3.8) is 0 Å². The maximum atomic E-state index is 10.2. The molecule has 6 atom stereocenters. The summed E-state index contributed by atoms with van der Waals surface area (Å²) in [6.07, 6.45) is 5.13. The third-order valence-corrected chi connectivity index (χ3v) is 5.24. The van der Waals surface area contributed by atoms with Gasteiger partial charge in [0.2, 0.25) is 0 Å². The molecule has 0 heterocycles. The molecule has 1 nitrogen and oxygen atoms in total. The predicted octanol–water partition coefficient (Wildman–Crippen LogP) is 3.65. The number of allylic oxidation sites excluding steroid dienone is 2. The molecular formula is C16H26O. The van der Waals surface area contributed by atoms with E-state index in [1.165, 1.54) is 6.42 Å². The first-order chi connectivity index (χ1) is 7.97. The number of aliphatic hydroxyl groups excluding tert-OH is 1. The second-order valence-electron chi connectivity index (χ2n) is 6.40. The molecule has 0 amide bonds. The molecule has 1 fully saturated rings. The van der Waals surface area contributed by atoms with E-state index in [1.54, 1.807) is 11.6 Å². The number of fused-ring (bicyclic) bond motifs is 2. The molecule has 0 unspecified atom stereocenters. The van der Waals surface area contributed by atoms with Crippen LogP contribution in [0.5, 0.6) is 0 Å². The highest BCUT2D eigenvalue weighted by atomic mass is 16.3. The molecule has 3 aliphatic carbocycles. The Morgan fingerprint density at radius 2 is 2.12 bits per heavy atom. The van der Waals surface area contributed by atoms with Crippen LogP contribution in [0.2, 0.25) is 0 Å². The molecule has 2 bridgehead atoms. The van der Waals surface area contributed by atoms with Crippen LogP contribution < -0.4 is 0 Å². The molecule has 0 aromatic carbocycles. The summed E-state index contributed by atoms with van der Waals surface area (Å²) in [5, 5.41) is 10.2. The molecular weight excluding hydrogens is 208 g/mol. The highest BCUT2D eigenvalue weighted by molar-refractivity contribution is 5.21. The summed E-state index contributed by atoms with van der Waals surface area (Å²) in [5.41, 5.74) is 1.55. The molecule has 0 aromatic rings. The van der Waals surface area contributed by atoms with Crippen molar-refractivity contribution in [1.29, 1.82) is 0 Å². The predicted molar refractivity (Wildman–Crippen MR) is 72.5 cm³/mol. The van der Waals surface area contributed by atoms with Crippen LogP contribution in [0.3, 0.4) is 0 Å². The summed E-state index contributed by atoms with van der Waals surface area (Å²) in [4.78, 5) is 0. The highest BCUT2D eigenvalue weighted by Crippen LogP contribution is 2.53. The van der Waals surface area contributed by atoms with E-state index in [-0.39, 0.29) is 6.10 Å². The van der Waals surface area contributed by atoms with Crippen LogP contribution in [0.1, 0.15) is 34.1 Å². The molecule has 0 saturated heterocycles. The van der Waals surface area contributed by atoms with E-state index in [2.05, 4.69) is 40.3 Å². The maximum Gasteiger partial charge on any atom is 0.0754 e. The van der Waals surface area contributed by atoms with Crippen molar-refractivity contribution in [2.24, 2.45) is 35.5 Å². The second-order valence-corrected chi connectivity index (χ2v) is 6.40. The van der Waals surface area contributed by atoms with Crippen molar-refractivity contribution < 1.29 is 5.11 Å². The Morgan fingerprint density at radius 1 is 1.47 bits per heavy atom. The van der Waals surface area contributed by atoms with Gasteiger partial charge in [0.25, 0.3) is 0 Å². The fraction of sp³-hybridized carbons (Fsp3) is 0.750. The zero-order valence-corrected chi connectivity index (χ0v) is 11.6. The number of aliphatic hydroxyl groups is 1. The summed E-state index contributed by atoms with van der Waals surface area (Å²) in [6, 6.07) is 0. The minimum absolute atomic E-state index is 0.344. The first kappa shape index (κ1) is 12.9. The van der Waals surface area contributed by atoms with E-state index >= 15 is 0 Å². The van der Waals surface area contributed by atoms with Crippen molar-refractivity contribution in [3.05, 3.63) is 24.3 Å². The Bertz CT molecular complexity index is 328. The SMILES string of the molecule is C=C[C@H](O)[C@@H]1[C@H](C)[C@H]2C[C@H](C(C)C)[C@H]1C=C2C. The summed E-state index contributed by atoms with van der Waals surface area (Å²) in [6.45, 7) is 13.0. The van der Waals surface area contributed by atoms with Gasteiger partial charge in [-0.3, -0.25) is 0 Å². The van der Waals surface area contributed by atoms with Gasteiger partial charge in [0.05, 0.1) is 6.10 Å². The standard InChI is InChI=1S/C16H26O/c1-6-15(17)16-11(5)13-8-12(9(2)3)14(16)7-10(13)4/h6-7,9,11-17H,1,8H2,2-5H3/t11-,12-,13+,14-,15+,16-/m1/s1. The molecule has 0 spiro atoms. The monoisotopic (exact) mass is 234 g/mol. The smallest absolute Gasteiger partial charge is 0.0754 e. The third kappa shape index (κ3) is 1.99. The van der Waals surface area contributed by atoms with Crippen molar-refractivity contribution in [2.45, 2.75) is 40.2 Å². The molecule has 1 saturated carbocycles. The highest BCUT2D eigenvalue weighted by Gasteiger charge is 2.48. The van der Waals surface area contributed by atoms with Crippen LogP contribution in [0.25, 0.3) is 0 Å². The van der Waals surface area contributed by atoms with Crippen LogP contribution >= 0.6 is 0 Å². The van der Waals surface area contributed by atoms with E-state index in [0.29, 0.717) is 29.6 Å². The minimum atomic E-state index is -0.344. The lowest BCUT2D eigenvalue weighted by molar-refractivity contribution is -0.0170. The van der Waals surface area contributed by atoms with Gasteiger partial charge in [0.1, 0.15) is 0 Å². The number of rotatable bonds is 3. The van der Waals surface area contributed by atoms with Gasteiger partial charge in [-0.2, -0.15) is 0 Å². The van der Waals surface area contributed by atoms with Gasteiger partial charge in [-0.05, 0) is 48.9 Å². The zero-order chi connectivity index (χ0) is 12.7. The lowest BCUT2D eigenvalue weighted by atomic mass is 9.53. The number of hydrogen-bond donors (Lipinski definition) is 1. The van der Waals surface area contributed by atoms with E-state index in [9.17, 15) is 5.11 Å². The van der Waals surface area contributed by atoms with E-state index in [0.717, 1.165) is 5.92 Å². The van der Waals surface area contributed by atoms with Crippen LogP contribution in [-0.2, 0) is 0 Å². The molecule has 0 aliphatic heterocycles. The van der Waals surface area contributed by atoms with Crippen LogP contribution in [0.15, 0.2) is 24.3 Å². The van der Waals surface area contributed by atoms with Gasteiger partial charge in [-0.1, -0.05) is 38.5 Å². The molecule has 3 aliphatic rings. The van der Waals surface area contributed by atoms with Crippen LogP contribution in [0, 0.1) is 35.5 Å². The third-order valence-electron chi connectivity index (χ3n) is 5.24. The number of hydrogen-bond acceptors (Lipinski definition) is 1. The van der Waals surface area contributed by atoms with Crippen molar-refractivity contribution in [1.82, 2.24) is 0 Å². The molecule has 17 heavy (non-hydrogen) atoms. The Labute approximate surface area is 106 Å². The first-order valence-corrected chi connectivity index (χ1v) is 6.96. The van der Waals surface area contributed by atoms with E-state index in [1.807, 2.05) is 0 Å². The minimum Gasteiger partial charge on any atom is -0.389 e. The fourth-order valence-electron chi connectivity index (χ4n) is 4.24. The summed E-state index contributed by atoms with van der Waals surface area (Å²) in [7, 11) is 0. The Hall–Kier alpha value is -0.560. The summed E-state index contributed by atoms with van der Waals surface area (Å²) < 4.78 is 0. The van der Waals surface area contributed by atoms with Crippen LogP contribution in [0.4, 0.5) is 0 Å². The lowest BCUT2D eigenvalue weighted by Gasteiger charge is -2.52. The van der Waals surface area contributed by atoms with Crippen LogP contribution in [-0.4, -0.2) is 11.2 Å². The van der Waals surface area contributed by atoms with Crippen molar-refractivity contribution in [3.8, 4) is 0 Å². The largest absolute Gasteiger partial charge is 0.389 e. The zero-order valence-electron chi connectivity index (χ0n) is 11.6. The topological polar surface area (TPSA) is 20.2 Å². The molecule has 96 valence electrons. The molecule has 0 radical (unpaired) electrons. The van der Waals surface area contributed by atoms with Crippen molar-refractivity contribution in [2.75, 3.05) is 0 Å². The average molecular weight is 234 g/mol. The maximum absolute atomic E-state index is 10.2. The van der Waals surface area contributed by atoms with Gasteiger partial charge in [0.15, 0.2) is 0 Å². The van der Waals surface area contributed by atoms with E-state index in [4.69, 9.17) is 0 Å². The lowest BCUT2D eigenvalue weighted by Crippen LogP contribution is -2.48. The molecule has 3 rings (SSSR count).